The Labute approximate surface area is 159 Å². The van der Waals surface area contributed by atoms with Crippen LogP contribution in [0.4, 0.5) is 14.5 Å². The molecule has 1 aliphatic rings. The van der Waals surface area contributed by atoms with E-state index in [9.17, 15) is 9.18 Å². The Kier molecular flexibility index (Phi) is 4.91. The van der Waals surface area contributed by atoms with Crippen LogP contribution in [0.25, 0.3) is 10.2 Å². The van der Waals surface area contributed by atoms with Gasteiger partial charge in [0.05, 0.1) is 22.4 Å². The number of fused-ring (bicyclic) bond motifs is 2. The highest BCUT2D eigenvalue weighted by Gasteiger charge is 2.26. The number of hydrogen-bond acceptors (Lipinski definition) is 6. The molecule has 4 rings (SSSR count). The number of thiazole rings is 1. The standard InChI is InChI=1S/C19H19FN2O2S2/c1-2-24-18(23)16-12-6-4-3-5-7-14(12)25-17(16)22-19-21-13-9-8-11(20)10-15(13)26-19/h8-10H,2-7H2,1H3,(H,21,22). The van der Waals surface area contributed by atoms with Crippen molar-refractivity contribution in [3.05, 3.63) is 40.0 Å². The van der Waals surface area contributed by atoms with E-state index in [1.54, 1.807) is 17.4 Å². The summed E-state index contributed by atoms with van der Waals surface area (Å²) in [5, 5.41) is 4.75. The first-order valence-electron chi connectivity index (χ1n) is 8.80. The zero-order valence-corrected chi connectivity index (χ0v) is 16.1. The molecule has 0 unspecified atom stereocenters. The molecule has 0 spiro atoms. The van der Waals surface area contributed by atoms with Crippen molar-refractivity contribution >= 4 is 49.0 Å². The highest BCUT2D eigenvalue weighted by atomic mass is 32.1. The summed E-state index contributed by atoms with van der Waals surface area (Å²) >= 11 is 3.00. The van der Waals surface area contributed by atoms with E-state index in [1.165, 1.54) is 34.8 Å². The van der Waals surface area contributed by atoms with Crippen LogP contribution in [-0.2, 0) is 17.6 Å². The van der Waals surface area contributed by atoms with Crippen molar-refractivity contribution in [1.29, 1.82) is 0 Å². The second-order valence-electron chi connectivity index (χ2n) is 6.25. The van der Waals surface area contributed by atoms with Gasteiger partial charge in [-0.05, 0) is 56.4 Å². The van der Waals surface area contributed by atoms with Crippen LogP contribution < -0.4 is 5.32 Å². The SMILES string of the molecule is CCOC(=O)c1c(Nc2nc3ccc(F)cc3s2)sc2c1CCCCC2. The van der Waals surface area contributed by atoms with Gasteiger partial charge in [-0.1, -0.05) is 17.8 Å². The number of nitrogens with zero attached hydrogens (tertiary/aromatic N) is 1. The predicted molar refractivity (Wildman–Crippen MR) is 104 cm³/mol. The van der Waals surface area contributed by atoms with E-state index in [-0.39, 0.29) is 11.8 Å². The molecule has 0 amide bonds. The third kappa shape index (κ3) is 3.33. The quantitative estimate of drug-likeness (QED) is 0.459. The lowest BCUT2D eigenvalue weighted by atomic mass is 10.1. The van der Waals surface area contributed by atoms with Crippen LogP contribution in [0.1, 0.15) is 47.0 Å². The minimum absolute atomic E-state index is 0.275. The summed E-state index contributed by atoms with van der Waals surface area (Å²) in [5.41, 5.74) is 2.52. The predicted octanol–water partition coefficient (Wildman–Crippen LogP) is 5.69. The summed E-state index contributed by atoms with van der Waals surface area (Å²) in [5.74, 6) is -0.552. The van der Waals surface area contributed by atoms with Crippen LogP contribution in [0.2, 0.25) is 0 Å². The Hall–Kier alpha value is -1.99. The third-order valence-corrected chi connectivity index (χ3v) is 6.61. The largest absolute Gasteiger partial charge is 0.462 e. The Bertz CT molecular complexity index is 964. The van der Waals surface area contributed by atoms with E-state index in [1.807, 2.05) is 6.92 Å². The average molecular weight is 391 g/mol. The van der Waals surface area contributed by atoms with Crippen LogP contribution in [0, 0.1) is 5.82 Å². The van der Waals surface area contributed by atoms with Gasteiger partial charge >= 0.3 is 5.97 Å². The second-order valence-corrected chi connectivity index (χ2v) is 8.38. The van der Waals surface area contributed by atoms with Gasteiger partial charge in [0.1, 0.15) is 10.8 Å². The fourth-order valence-electron chi connectivity index (χ4n) is 3.30. The first-order chi connectivity index (χ1) is 12.7. The zero-order chi connectivity index (χ0) is 18.1. The van der Waals surface area contributed by atoms with E-state index in [0.717, 1.165) is 46.5 Å². The summed E-state index contributed by atoms with van der Waals surface area (Å²) in [6.45, 7) is 2.17. The van der Waals surface area contributed by atoms with E-state index >= 15 is 0 Å². The number of halogens is 1. The molecular weight excluding hydrogens is 371 g/mol. The van der Waals surface area contributed by atoms with Gasteiger partial charge in [0, 0.05) is 4.88 Å². The zero-order valence-electron chi connectivity index (χ0n) is 14.4. The van der Waals surface area contributed by atoms with Crippen molar-refractivity contribution in [3.8, 4) is 0 Å². The van der Waals surface area contributed by atoms with E-state index < -0.39 is 0 Å². The van der Waals surface area contributed by atoms with Gasteiger partial charge in [0.2, 0.25) is 0 Å². The van der Waals surface area contributed by atoms with Gasteiger partial charge in [0.25, 0.3) is 0 Å². The lowest BCUT2D eigenvalue weighted by Gasteiger charge is -2.07. The van der Waals surface area contributed by atoms with Gasteiger partial charge in [-0.25, -0.2) is 14.2 Å². The number of hydrogen-bond donors (Lipinski definition) is 1. The fourth-order valence-corrected chi connectivity index (χ4v) is 5.54. The molecule has 0 aliphatic heterocycles. The summed E-state index contributed by atoms with van der Waals surface area (Å²) in [7, 11) is 0. The van der Waals surface area contributed by atoms with E-state index in [0.29, 0.717) is 17.3 Å². The Morgan fingerprint density at radius 2 is 2.12 bits per heavy atom. The maximum atomic E-state index is 13.4. The average Bonchev–Trinajstić information content (AvgIpc) is 3.07. The highest BCUT2D eigenvalue weighted by Crippen LogP contribution is 2.40. The monoisotopic (exact) mass is 390 g/mol. The normalized spacial score (nSPS) is 14.1. The highest BCUT2D eigenvalue weighted by molar-refractivity contribution is 7.23. The van der Waals surface area contributed by atoms with Gasteiger partial charge in [-0.2, -0.15) is 0 Å². The summed E-state index contributed by atoms with van der Waals surface area (Å²) in [6, 6.07) is 4.56. The first-order valence-corrected chi connectivity index (χ1v) is 10.4. The lowest BCUT2D eigenvalue weighted by Crippen LogP contribution is -2.09. The maximum absolute atomic E-state index is 13.4. The van der Waals surface area contributed by atoms with Gasteiger partial charge < -0.3 is 10.1 Å². The lowest BCUT2D eigenvalue weighted by molar-refractivity contribution is 0.0527. The van der Waals surface area contributed by atoms with Crippen LogP contribution in [0.5, 0.6) is 0 Å². The minimum Gasteiger partial charge on any atom is -0.462 e. The smallest absolute Gasteiger partial charge is 0.341 e. The minimum atomic E-state index is -0.276. The van der Waals surface area contributed by atoms with Crippen molar-refractivity contribution in [3.63, 3.8) is 0 Å². The van der Waals surface area contributed by atoms with Crippen LogP contribution >= 0.6 is 22.7 Å². The topological polar surface area (TPSA) is 51.2 Å². The van der Waals surface area contributed by atoms with Gasteiger partial charge in [0.15, 0.2) is 5.13 Å². The Balaban J connectivity index is 1.73. The molecule has 4 nitrogen and oxygen atoms in total. The molecule has 2 heterocycles. The molecule has 0 bridgehead atoms. The molecule has 7 heteroatoms. The molecule has 1 N–H and O–H groups in total. The van der Waals surface area contributed by atoms with Crippen LogP contribution in [0.15, 0.2) is 18.2 Å². The van der Waals surface area contributed by atoms with E-state index in [4.69, 9.17) is 4.74 Å². The molecule has 3 aromatic rings. The van der Waals surface area contributed by atoms with Crippen molar-refractivity contribution in [2.24, 2.45) is 0 Å². The second kappa shape index (κ2) is 7.32. The molecule has 0 atom stereocenters. The third-order valence-electron chi connectivity index (χ3n) is 4.47. The van der Waals surface area contributed by atoms with E-state index in [2.05, 4.69) is 10.3 Å². The molecule has 26 heavy (non-hydrogen) atoms. The number of nitrogens with one attached hydrogen (secondary N) is 1. The number of rotatable bonds is 4. The number of carbonyl (C=O) groups excluding carboxylic acids is 1. The summed E-state index contributed by atoms with van der Waals surface area (Å²) in [4.78, 5) is 18.4. The van der Waals surface area contributed by atoms with Crippen molar-refractivity contribution < 1.29 is 13.9 Å². The molecule has 0 radical (unpaired) electrons. The molecule has 0 fully saturated rings. The molecule has 2 aromatic heterocycles. The molecule has 136 valence electrons. The molecule has 1 aliphatic carbocycles. The number of esters is 1. The first kappa shape index (κ1) is 17.4. The van der Waals surface area contributed by atoms with Crippen molar-refractivity contribution in [2.75, 3.05) is 11.9 Å². The van der Waals surface area contributed by atoms with Crippen LogP contribution in [-0.4, -0.2) is 17.6 Å². The number of anilines is 2. The Morgan fingerprint density at radius 3 is 2.96 bits per heavy atom. The van der Waals surface area contributed by atoms with Gasteiger partial charge in [-0.3, -0.25) is 0 Å². The van der Waals surface area contributed by atoms with Crippen molar-refractivity contribution in [2.45, 2.75) is 39.0 Å². The van der Waals surface area contributed by atoms with Gasteiger partial charge in [-0.15, -0.1) is 11.3 Å². The van der Waals surface area contributed by atoms with Crippen LogP contribution in [0.3, 0.4) is 0 Å². The maximum Gasteiger partial charge on any atom is 0.341 e. The number of carbonyl (C=O) groups is 1. The molecule has 1 aromatic carbocycles. The summed E-state index contributed by atoms with van der Waals surface area (Å²) < 4.78 is 19.5. The number of ether oxygens (including phenoxy) is 1. The number of thiophene rings is 1. The molecule has 0 saturated heterocycles. The summed E-state index contributed by atoms with van der Waals surface area (Å²) in [6.07, 6.45) is 5.34. The fraction of sp³-hybridized carbons (Fsp3) is 0.368. The molecule has 0 saturated carbocycles. The number of benzene rings is 1. The molecular formula is C19H19FN2O2S2. The Morgan fingerprint density at radius 1 is 1.27 bits per heavy atom. The number of aromatic nitrogens is 1. The van der Waals surface area contributed by atoms with Crippen molar-refractivity contribution in [1.82, 2.24) is 4.98 Å². The number of aryl methyl sites for hydroxylation is 1.